The van der Waals surface area contributed by atoms with Gasteiger partial charge in [-0.1, -0.05) is 45.9 Å². The summed E-state index contributed by atoms with van der Waals surface area (Å²) >= 11 is 0. The summed E-state index contributed by atoms with van der Waals surface area (Å²) in [6.45, 7) is 24.3. The Hall–Kier alpha value is -0.683. The number of hydrogen-bond acceptors (Lipinski definition) is 3. The summed E-state index contributed by atoms with van der Waals surface area (Å²) in [7, 11) is -0.193. The summed E-state index contributed by atoms with van der Waals surface area (Å²) in [6, 6.07) is 0. The number of allylic oxidation sites excluding steroid dienone is 1. The maximum Gasteiger partial charge on any atom is 0.192 e. The van der Waals surface area contributed by atoms with Gasteiger partial charge in [-0.15, -0.1) is 6.58 Å². The van der Waals surface area contributed by atoms with Crippen LogP contribution in [-0.2, 0) is 13.9 Å². The van der Waals surface area contributed by atoms with Crippen LogP contribution in [0.1, 0.15) is 61.3 Å². The van der Waals surface area contributed by atoms with Gasteiger partial charge in [0.05, 0.1) is 12.2 Å². The first-order valence-electron chi connectivity index (χ1n) is 10.1. The highest BCUT2D eigenvalue weighted by Gasteiger charge is 2.39. The van der Waals surface area contributed by atoms with Crippen molar-refractivity contribution in [1.82, 2.24) is 0 Å². The lowest BCUT2D eigenvalue weighted by atomic mass is 9.90. The third-order valence-corrected chi connectivity index (χ3v) is 10.2. The Morgan fingerprint density at radius 3 is 2.15 bits per heavy atom. The molecule has 0 aromatic heterocycles. The first-order chi connectivity index (χ1) is 12.4. The van der Waals surface area contributed by atoms with Crippen LogP contribution >= 0.6 is 0 Å². The molecule has 0 aromatic rings. The quantitative estimate of drug-likeness (QED) is 0.204. The van der Waals surface area contributed by atoms with Crippen molar-refractivity contribution >= 4 is 8.32 Å². The van der Waals surface area contributed by atoms with E-state index < -0.39 is 8.32 Å². The van der Waals surface area contributed by atoms with Crippen molar-refractivity contribution in [3.05, 3.63) is 36.0 Å². The number of ether oxygens (including phenoxy) is 2. The van der Waals surface area contributed by atoms with E-state index in [1.54, 1.807) is 7.11 Å². The normalized spacial score (nSPS) is 17.6. The molecule has 0 saturated carbocycles. The second-order valence-corrected chi connectivity index (χ2v) is 13.7. The van der Waals surface area contributed by atoms with Gasteiger partial charge in [0.1, 0.15) is 6.79 Å². The lowest BCUT2D eigenvalue weighted by Gasteiger charge is -2.39. The summed E-state index contributed by atoms with van der Waals surface area (Å²) in [5, 5.41) is 0.183. The molecule has 0 aliphatic rings. The fraction of sp³-hybridized carbons (Fsp3) is 0.739. The van der Waals surface area contributed by atoms with Gasteiger partial charge in [0.25, 0.3) is 0 Å². The van der Waals surface area contributed by atoms with Crippen molar-refractivity contribution in [3.8, 4) is 0 Å². The second kappa shape index (κ2) is 12.0. The molecule has 0 saturated heterocycles. The van der Waals surface area contributed by atoms with Crippen molar-refractivity contribution in [1.29, 1.82) is 0 Å². The van der Waals surface area contributed by atoms with Crippen molar-refractivity contribution in [3.63, 3.8) is 0 Å². The maximum atomic E-state index is 6.72. The van der Waals surface area contributed by atoms with Gasteiger partial charge in [0, 0.05) is 13.0 Å². The highest BCUT2D eigenvalue weighted by molar-refractivity contribution is 6.74. The molecule has 4 heteroatoms. The minimum atomic E-state index is -1.86. The first kappa shape index (κ1) is 26.3. The third-order valence-electron chi connectivity index (χ3n) is 5.74. The standard InChI is InChI=1S/C23H44O3Si/c1-12-15-21(26-27(10,11)23(6,7)8)19(5)16-20(14-3)22(18(4)13-2)25-17-24-9/h12-13,16,20-22H,1,14-15,17H2,2-11H3/b18-13+,19-16+/t20-,21-,22-/m0/s1. The van der Waals surface area contributed by atoms with Crippen LogP contribution < -0.4 is 0 Å². The zero-order chi connectivity index (χ0) is 21.3. The molecule has 0 aliphatic carbocycles. The van der Waals surface area contributed by atoms with Gasteiger partial charge in [0.2, 0.25) is 0 Å². The monoisotopic (exact) mass is 396 g/mol. The third kappa shape index (κ3) is 8.47. The van der Waals surface area contributed by atoms with E-state index in [4.69, 9.17) is 13.9 Å². The molecule has 158 valence electrons. The van der Waals surface area contributed by atoms with Crippen LogP contribution in [-0.4, -0.2) is 34.4 Å². The van der Waals surface area contributed by atoms with Crippen molar-refractivity contribution in [2.45, 2.75) is 91.6 Å². The highest BCUT2D eigenvalue weighted by atomic mass is 28.4. The van der Waals surface area contributed by atoms with Gasteiger partial charge >= 0.3 is 0 Å². The molecular formula is C23H44O3Si. The molecule has 0 amide bonds. The number of rotatable bonds is 12. The van der Waals surface area contributed by atoms with Crippen LogP contribution in [0.2, 0.25) is 18.1 Å². The molecular weight excluding hydrogens is 352 g/mol. The number of hydrogen-bond donors (Lipinski definition) is 0. The van der Waals surface area contributed by atoms with Crippen molar-refractivity contribution < 1.29 is 13.9 Å². The van der Waals surface area contributed by atoms with E-state index >= 15 is 0 Å². The zero-order valence-electron chi connectivity index (χ0n) is 19.5. The lowest BCUT2D eigenvalue weighted by Crippen LogP contribution is -2.44. The Morgan fingerprint density at radius 2 is 1.74 bits per heavy atom. The van der Waals surface area contributed by atoms with Crippen molar-refractivity contribution in [2.75, 3.05) is 13.9 Å². The molecule has 0 fully saturated rings. The van der Waals surface area contributed by atoms with Crippen LogP contribution in [0.5, 0.6) is 0 Å². The zero-order valence-corrected chi connectivity index (χ0v) is 20.5. The minimum Gasteiger partial charge on any atom is -0.410 e. The maximum absolute atomic E-state index is 6.72. The molecule has 0 bridgehead atoms. The topological polar surface area (TPSA) is 27.7 Å². The average Bonchev–Trinajstić information content (AvgIpc) is 2.58. The number of methoxy groups -OCH3 is 1. The predicted molar refractivity (Wildman–Crippen MR) is 121 cm³/mol. The average molecular weight is 397 g/mol. The predicted octanol–water partition coefficient (Wildman–Crippen LogP) is 6.88. The van der Waals surface area contributed by atoms with Crippen LogP contribution in [0.3, 0.4) is 0 Å². The molecule has 3 nitrogen and oxygen atoms in total. The molecule has 0 heterocycles. The second-order valence-electron chi connectivity index (χ2n) is 8.90. The van der Waals surface area contributed by atoms with E-state index in [0.717, 1.165) is 12.8 Å². The lowest BCUT2D eigenvalue weighted by molar-refractivity contribution is -0.0717. The molecule has 27 heavy (non-hydrogen) atoms. The largest absolute Gasteiger partial charge is 0.410 e. The summed E-state index contributed by atoms with van der Waals surface area (Å²) in [6.07, 6.45) is 8.36. The van der Waals surface area contributed by atoms with E-state index in [1.807, 2.05) is 6.08 Å². The highest BCUT2D eigenvalue weighted by Crippen LogP contribution is 2.38. The Morgan fingerprint density at radius 1 is 1.15 bits per heavy atom. The fourth-order valence-electron chi connectivity index (χ4n) is 2.77. The molecule has 0 N–H and O–H groups in total. The summed E-state index contributed by atoms with van der Waals surface area (Å²) in [5.74, 6) is 0.284. The van der Waals surface area contributed by atoms with Crippen LogP contribution in [0.25, 0.3) is 0 Å². The Balaban J connectivity index is 5.66. The molecule has 3 atom stereocenters. The van der Waals surface area contributed by atoms with E-state index in [9.17, 15) is 0 Å². The SMILES string of the molecule is C=CC[C@H](O[Si](C)(C)C(C)(C)C)/C(C)=C/[C@H](CC)[C@@H](OCOC)/C(C)=C/C. The van der Waals surface area contributed by atoms with E-state index in [2.05, 4.69) is 80.3 Å². The van der Waals surface area contributed by atoms with Gasteiger partial charge in [-0.2, -0.15) is 0 Å². The Bertz CT molecular complexity index is 500. The summed E-state index contributed by atoms with van der Waals surface area (Å²) in [5.41, 5.74) is 2.50. The van der Waals surface area contributed by atoms with Crippen LogP contribution in [0, 0.1) is 5.92 Å². The van der Waals surface area contributed by atoms with Crippen LogP contribution in [0.4, 0.5) is 0 Å². The molecule has 0 aliphatic heterocycles. The smallest absolute Gasteiger partial charge is 0.192 e. The summed E-state index contributed by atoms with van der Waals surface area (Å²) < 4.78 is 17.9. The van der Waals surface area contributed by atoms with E-state index in [-0.39, 0.29) is 23.2 Å². The fourth-order valence-corrected chi connectivity index (χ4v) is 4.12. The van der Waals surface area contributed by atoms with Gasteiger partial charge in [-0.25, -0.2) is 0 Å². The van der Waals surface area contributed by atoms with Crippen LogP contribution in [0.15, 0.2) is 36.0 Å². The van der Waals surface area contributed by atoms with Gasteiger partial charge in [-0.05, 0) is 62.9 Å². The van der Waals surface area contributed by atoms with E-state index in [0.29, 0.717) is 6.79 Å². The van der Waals surface area contributed by atoms with Gasteiger partial charge in [0.15, 0.2) is 8.32 Å². The Kier molecular flexibility index (Phi) is 11.7. The molecule has 0 aromatic carbocycles. The molecule has 0 spiro atoms. The molecule has 0 unspecified atom stereocenters. The van der Waals surface area contributed by atoms with E-state index in [1.165, 1.54) is 11.1 Å². The minimum absolute atomic E-state index is 0.0205. The van der Waals surface area contributed by atoms with Crippen molar-refractivity contribution in [2.24, 2.45) is 5.92 Å². The summed E-state index contributed by atoms with van der Waals surface area (Å²) in [4.78, 5) is 0. The van der Waals surface area contributed by atoms with Gasteiger partial charge < -0.3 is 13.9 Å². The molecule has 0 radical (unpaired) electrons. The Labute approximate surface area is 170 Å². The first-order valence-corrected chi connectivity index (χ1v) is 13.1. The van der Waals surface area contributed by atoms with Gasteiger partial charge in [-0.3, -0.25) is 0 Å². The molecule has 0 rings (SSSR count).